The van der Waals surface area contributed by atoms with E-state index < -0.39 is 0 Å². The largest absolute Gasteiger partial charge is 0.352 e. The summed E-state index contributed by atoms with van der Waals surface area (Å²) in [6.07, 6.45) is 20.2. The van der Waals surface area contributed by atoms with Gasteiger partial charge in [0.05, 0.1) is 23.7 Å². The van der Waals surface area contributed by atoms with Gasteiger partial charge >= 0.3 is 0 Å². The average Bonchev–Trinajstić information content (AvgIpc) is 2.72. The first-order chi connectivity index (χ1) is 13.2. The maximum absolute atomic E-state index is 9.59. The number of unbranched alkanes of at least 4 members (excludes halogenated alkanes) is 4. The van der Waals surface area contributed by atoms with Crippen LogP contribution in [0.2, 0.25) is 0 Å². The predicted octanol–water partition coefficient (Wildman–Crippen LogP) is 7.15. The second-order valence-corrected chi connectivity index (χ2v) is 9.14. The van der Waals surface area contributed by atoms with Crippen LogP contribution in [0.1, 0.15) is 117 Å². The molecule has 0 aromatic carbocycles. The molecule has 0 unspecified atom stereocenters. The lowest BCUT2D eigenvalue weighted by Gasteiger charge is -2.35. The van der Waals surface area contributed by atoms with Crippen LogP contribution < -0.4 is 0 Å². The van der Waals surface area contributed by atoms with Gasteiger partial charge in [0.25, 0.3) is 0 Å². The summed E-state index contributed by atoms with van der Waals surface area (Å²) in [5.41, 5.74) is -0.0771. The molecule has 27 heavy (non-hydrogen) atoms. The van der Waals surface area contributed by atoms with Crippen molar-refractivity contribution in [1.29, 1.82) is 5.26 Å². The van der Waals surface area contributed by atoms with Crippen LogP contribution in [0.3, 0.4) is 0 Å². The molecule has 0 spiro atoms. The maximum Gasteiger partial charge on any atom is 0.147 e. The highest BCUT2D eigenvalue weighted by Gasteiger charge is 2.35. The minimum Gasteiger partial charge on any atom is -0.352 e. The Morgan fingerprint density at radius 1 is 0.815 bits per heavy atom. The van der Waals surface area contributed by atoms with Crippen molar-refractivity contribution in [3.8, 4) is 6.07 Å². The third-order valence-electron chi connectivity index (χ3n) is 7.00. The molecule has 0 radical (unpaired) electrons. The van der Waals surface area contributed by atoms with Crippen molar-refractivity contribution < 1.29 is 9.47 Å². The molecule has 3 heteroatoms. The molecule has 3 nitrogen and oxygen atoms in total. The minimum atomic E-state index is -0.0771. The second-order valence-electron chi connectivity index (χ2n) is 9.14. The molecule has 0 amide bonds. The van der Waals surface area contributed by atoms with Crippen LogP contribution in [0.5, 0.6) is 0 Å². The van der Waals surface area contributed by atoms with Crippen LogP contribution in [-0.4, -0.2) is 19.0 Å². The van der Waals surface area contributed by atoms with E-state index in [1.54, 1.807) is 0 Å². The van der Waals surface area contributed by atoms with Gasteiger partial charge in [-0.25, -0.2) is 0 Å². The van der Waals surface area contributed by atoms with E-state index in [1.807, 2.05) is 0 Å². The average molecular weight is 378 g/mol. The van der Waals surface area contributed by atoms with Crippen molar-refractivity contribution in [2.24, 2.45) is 11.3 Å². The van der Waals surface area contributed by atoms with Crippen LogP contribution in [0, 0.1) is 22.7 Å². The van der Waals surface area contributed by atoms with Gasteiger partial charge in [0, 0.05) is 0 Å². The number of rotatable bonds is 12. The van der Waals surface area contributed by atoms with Gasteiger partial charge in [-0.15, -0.1) is 0 Å². The SMILES string of the molecule is CCCCCC[C@H]1CC[C@H](OCO[C@H]2CC[C@@](C#N)(CCCC)CC2)CC1. The molecule has 0 atom stereocenters. The molecule has 2 fully saturated rings. The van der Waals surface area contributed by atoms with E-state index >= 15 is 0 Å². The topological polar surface area (TPSA) is 42.2 Å². The molecule has 0 aromatic rings. The first-order valence-electron chi connectivity index (χ1n) is 11.9. The zero-order chi connectivity index (χ0) is 19.4. The Balaban J connectivity index is 1.53. The van der Waals surface area contributed by atoms with Crippen LogP contribution in [0.15, 0.2) is 0 Å². The van der Waals surface area contributed by atoms with E-state index in [0.717, 1.165) is 38.0 Å². The van der Waals surface area contributed by atoms with E-state index in [2.05, 4.69) is 19.9 Å². The molecule has 0 bridgehead atoms. The molecule has 0 aromatic heterocycles. The number of hydrogen-bond donors (Lipinski definition) is 0. The van der Waals surface area contributed by atoms with E-state index in [4.69, 9.17) is 9.47 Å². The molecule has 0 aliphatic heterocycles. The number of ether oxygens (including phenoxy) is 2. The molecular formula is C24H43NO2. The summed E-state index contributed by atoms with van der Waals surface area (Å²) in [7, 11) is 0. The highest BCUT2D eigenvalue weighted by Crippen LogP contribution is 2.41. The Morgan fingerprint density at radius 3 is 2.04 bits per heavy atom. The molecule has 0 N–H and O–H groups in total. The summed E-state index contributed by atoms with van der Waals surface area (Å²) in [5, 5.41) is 9.59. The lowest BCUT2D eigenvalue weighted by molar-refractivity contribution is -0.137. The minimum absolute atomic E-state index is 0.0771. The van der Waals surface area contributed by atoms with Crippen molar-refractivity contribution in [2.75, 3.05) is 6.79 Å². The smallest absolute Gasteiger partial charge is 0.147 e. The Morgan fingerprint density at radius 2 is 1.44 bits per heavy atom. The summed E-state index contributed by atoms with van der Waals surface area (Å²) in [5.74, 6) is 0.934. The summed E-state index contributed by atoms with van der Waals surface area (Å²) < 4.78 is 12.0. The second kappa shape index (κ2) is 12.8. The monoisotopic (exact) mass is 377 g/mol. The highest BCUT2D eigenvalue weighted by molar-refractivity contribution is 5.01. The standard InChI is InChI=1S/C24H43NO2/c1-3-5-7-8-9-21-10-12-22(13-11-21)26-20-27-23-14-17-24(19-25,18-15-23)16-6-4-2/h21-23H,3-18,20H2,1-2H3/t21-,22-,23-,24-. The molecule has 156 valence electrons. The van der Waals surface area contributed by atoms with Crippen molar-refractivity contribution >= 4 is 0 Å². The lowest BCUT2D eigenvalue weighted by atomic mass is 9.71. The summed E-state index contributed by atoms with van der Waals surface area (Å²) >= 11 is 0. The Kier molecular flexibility index (Phi) is 10.7. The first-order valence-corrected chi connectivity index (χ1v) is 11.9. The zero-order valence-electron chi connectivity index (χ0n) is 18.0. The predicted molar refractivity (Wildman–Crippen MR) is 111 cm³/mol. The molecule has 2 saturated carbocycles. The van der Waals surface area contributed by atoms with Crippen molar-refractivity contribution in [3.05, 3.63) is 0 Å². The zero-order valence-corrected chi connectivity index (χ0v) is 18.0. The molecule has 0 saturated heterocycles. The first kappa shape index (κ1) is 22.7. The molecular weight excluding hydrogens is 334 g/mol. The van der Waals surface area contributed by atoms with Gasteiger partial charge in [0.1, 0.15) is 6.79 Å². The summed E-state index contributed by atoms with van der Waals surface area (Å²) in [4.78, 5) is 0. The van der Waals surface area contributed by atoms with Gasteiger partial charge in [0.2, 0.25) is 0 Å². The Bertz CT molecular complexity index is 415. The molecule has 2 aliphatic rings. The van der Waals surface area contributed by atoms with E-state index in [1.165, 1.54) is 70.6 Å². The number of nitrogens with zero attached hydrogens (tertiary/aromatic N) is 1. The molecule has 2 rings (SSSR count). The van der Waals surface area contributed by atoms with Crippen molar-refractivity contribution in [1.82, 2.24) is 0 Å². The molecule has 0 heterocycles. The van der Waals surface area contributed by atoms with Crippen molar-refractivity contribution in [2.45, 2.75) is 129 Å². The van der Waals surface area contributed by atoms with Crippen LogP contribution in [-0.2, 0) is 9.47 Å². The normalized spacial score (nSPS) is 31.5. The van der Waals surface area contributed by atoms with Gasteiger partial charge in [-0.3, -0.25) is 0 Å². The summed E-state index contributed by atoms with van der Waals surface area (Å²) in [6.45, 7) is 4.94. The van der Waals surface area contributed by atoms with Crippen LogP contribution in [0.25, 0.3) is 0 Å². The van der Waals surface area contributed by atoms with Gasteiger partial charge < -0.3 is 9.47 Å². The van der Waals surface area contributed by atoms with Crippen LogP contribution in [0.4, 0.5) is 0 Å². The fraction of sp³-hybridized carbons (Fsp3) is 0.958. The third-order valence-corrected chi connectivity index (χ3v) is 7.00. The number of hydrogen-bond acceptors (Lipinski definition) is 3. The highest BCUT2D eigenvalue weighted by atomic mass is 16.7. The molecule has 2 aliphatic carbocycles. The lowest BCUT2D eigenvalue weighted by Crippen LogP contribution is -2.31. The third kappa shape index (κ3) is 8.12. The van der Waals surface area contributed by atoms with Crippen LogP contribution >= 0.6 is 0 Å². The fourth-order valence-electron chi connectivity index (χ4n) is 4.92. The fourth-order valence-corrected chi connectivity index (χ4v) is 4.92. The van der Waals surface area contributed by atoms with Gasteiger partial charge in [-0.05, 0) is 63.7 Å². The van der Waals surface area contributed by atoms with E-state index in [9.17, 15) is 5.26 Å². The van der Waals surface area contributed by atoms with Gasteiger partial charge in [-0.2, -0.15) is 5.26 Å². The summed E-state index contributed by atoms with van der Waals surface area (Å²) in [6, 6.07) is 2.62. The Labute approximate surface area is 168 Å². The van der Waals surface area contributed by atoms with Crippen molar-refractivity contribution in [3.63, 3.8) is 0 Å². The van der Waals surface area contributed by atoms with E-state index in [0.29, 0.717) is 19.0 Å². The van der Waals surface area contributed by atoms with E-state index in [-0.39, 0.29) is 5.41 Å². The maximum atomic E-state index is 9.59. The Hall–Kier alpha value is -0.590. The van der Waals surface area contributed by atoms with Gasteiger partial charge in [-0.1, -0.05) is 58.8 Å². The number of nitriles is 1. The quantitative estimate of drug-likeness (QED) is 0.268. The van der Waals surface area contributed by atoms with Gasteiger partial charge in [0.15, 0.2) is 0 Å².